The number of benzene rings is 4. The van der Waals surface area contributed by atoms with E-state index in [1.807, 2.05) is 92.2 Å². The van der Waals surface area contributed by atoms with E-state index in [4.69, 9.17) is 33.6 Å². The van der Waals surface area contributed by atoms with Crippen LogP contribution in [0.1, 0.15) is 168 Å². The molecule has 24 nitrogen and oxygen atoms in total. The van der Waals surface area contributed by atoms with Crippen molar-refractivity contribution in [3.63, 3.8) is 0 Å². The maximum Gasteiger partial charge on any atom is 0.422 e. The van der Waals surface area contributed by atoms with E-state index >= 15 is 0 Å². The quantitative estimate of drug-likeness (QED) is 0.0305. The summed E-state index contributed by atoms with van der Waals surface area (Å²) < 4.78 is 89.3. The molecule has 0 radical (unpaired) electrons. The first-order valence-corrected chi connectivity index (χ1v) is 43.1. The first-order chi connectivity index (χ1) is 47.8. The van der Waals surface area contributed by atoms with Crippen molar-refractivity contribution in [1.29, 1.82) is 0 Å². The van der Waals surface area contributed by atoms with Gasteiger partial charge in [-0.1, -0.05) is 58.1 Å². The minimum absolute atomic E-state index is 0. The number of hydrogen-bond donors (Lipinski definition) is 3. The van der Waals surface area contributed by atoms with Crippen LogP contribution in [-0.2, 0) is 62.0 Å². The van der Waals surface area contributed by atoms with Gasteiger partial charge in [0.1, 0.15) is 22.7 Å². The Bertz CT molecular complexity index is 4320. The number of carbonyl (C=O) groups excluding carboxylic acids is 4. The van der Waals surface area contributed by atoms with E-state index in [9.17, 15) is 45.9 Å². The van der Waals surface area contributed by atoms with Crippen molar-refractivity contribution in [3.05, 3.63) is 117 Å². The minimum atomic E-state index is -4.14. The van der Waals surface area contributed by atoms with Gasteiger partial charge in [0.25, 0.3) is 22.0 Å². The summed E-state index contributed by atoms with van der Waals surface area (Å²) in [6.45, 7) is 12.1. The molecule has 6 aromatic rings. The first kappa shape index (κ1) is 82.6. The third-order valence-electron chi connectivity index (χ3n) is 18.4. The lowest BCUT2D eigenvalue weighted by atomic mass is 9.81. The van der Waals surface area contributed by atoms with Crippen molar-refractivity contribution in [3.8, 4) is 34.0 Å². The number of amides is 3. The third-order valence-corrected chi connectivity index (χ3v) is 20.9. The van der Waals surface area contributed by atoms with Gasteiger partial charge in [0.15, 0.2) is 0 Å². The molecule has 0 saturated heterocycles. The van der Waals surface area contributed by atoms with Gasteiger partial charge >= 0.3 is 28.2 Å². The lowest BCUT2D eigenvalue weighted by Crippen LogP contribution is -2.44. The molecule has 0 bridgehead atoms. The van der Waals surface area contributed by atoms with Crippen LogP contribution in [0, 0.1) is 0 Å². The molecule has 4 aromatic carbocycles. The van der Waals surface area contributed by atoms with Crippen molar-refractivity contribution < 1.29 is 74.3 Å². The highest BCUT2D eigenvalue weighted by molar-refractivity contribution is 15.0. The van der Waals surface area contributed by atoms with Crippen LogP contribution >= 0.6 is 37.2 Å². The molecule has 2 aromatic heterocycles. The largest absolute Gasteiger partial charge is 0.497 e. The number of hydrogen-bond acceptors (Lipinski definition) is 15. The lowest BCUT2D eigenvalue weighted by molar-refractivity contribution is -0.127. The zero-order chi connectivity index (χ0) is 73.9. The molecule has 10 rings (SSSR count). The van der Waals surface area contributed by atoms with Gasteiger partial charge in [0.2, 0.25) is 0 Å². The lowest BCUT2D eigenvalue weighted by Gasteiger charge is -2.24. The Morgan fingerprint density at radius 2 is 0.971 bits per heavy atom. The molecule has 2 aliphatic carbocycles. The summed E-state index contributed by atoms with van der Waals surface area (Å²) in [7, 11) is 1.41. The fourth-order valence-corrected chi connectivity index (χ4v) is 14.4. The predicted molar refractivity (Wildman–Crippen MR) is 416 cm³/mol. The van der Waals surface area contributed by atoms with Gasteiger partial charge in [-0.2, -0.15) is 25.4 Å². The molecule has 2 fully saturated rings. The highest BCUT2D eigenvalue weighted by Gasteiger charge is 2.35. The molecule has 0 spiro atoms. The van der Waals surface area contributed by atoms with Crippen LogP contribution in [0.3, 0.4) is 0 Å². The fraction of sp³-hybridized carbons (Fsp3) is 0.500. The summed E-state index contributed by atoms with van der Waals surface area (Å²) in [6.07, 6.45) is 14.0. The zero-order valence-corrected chi connectivity index (χ0v) is 65.7. The van der Waals surface area contributed by atoms with Gasteiger partial charge in [0, 0.05) is 136 Å². The van der Waals surface area contributed by atoms with Crippen LogP contribution < -0.4 is 19.3 Å². The second-order valence-corrected chi connectivity index (χ2v) is 31.3. The normalized spacial score (nSPS) is 14.9. The minimum Gasteiger partial charge on any atom is -0.497 e. The Morgan fingerprint density at radius 3 is 1.37 bits per heavy atom. The zero-order valence-electron chi connectivity index (χ0n) is 59.8. The number of likely N-dealkylation sites (N-methyl/N-ethyl adjacent to an activating group) is 4. The van der Waals surface area contributed by atoms with Gasteiger partial charge < -0.3 is 52.5 Å². The second-order valence-electron chi connectivity index (χ2n) is 27.9. The monoisotopic (exact) mass is 1670 g/mol. The van der Waals surface area contributed by atoms with Crippen LogP contribution in [0.5, 0.6) is 11.5 Å². The standard InChI is InChI=1S/C41H56N4O9S.C32H40N4O7S.CH4.I2/c1-40(2,3)53-38(47)28-15-17-33-34(25-28)45-26-30(23-29-24-31(51-9)16-18-32(29)36(45)35(33)27-13-11-10-12-14-27)37(46)43(7)19-21-52-22-20-44(8)55(49,50)42-39(48)54-41(4,5)6;1-34(13-15-43-16-14-35(2)44(33,40)41)31(37)24-17-23-18-25(42-3)10-12-26(23)30-29(21-7-5-4-6-8-21)27-11-9-22(32(38)39)19-28(27)36(30)20-24;;1-2/h15-18,23-25,27H,10-14,19-22,26H2,1-9H3,(H,42,48);9-12,17-19,21H,4-8,13-16,20H2,1-3H3,(H,38,39)(H2,33,40,41);1H4;. The molecule has 102 heavy (non-hydrogen) atoms. The van der Waals surface area contributed by atoms with Crippen molar-refractivity contribution in [2.45, 2.75) is 149 Å². The summed E-state index contributed by atoms with van der Waals surface area (Å²) in [5, 5.41) is 17.0. The van der Waals surface area contributed by atoms with E-state index in [2.05, 4.69) is 52.4 Å². The van der Waals surface area contributed by atoms with Crippen LogP contribution in [0.15, 0.2) is 83.9 Å². The number of carbonyl (C=O) groups is 5. The highest BCUT2D eigenvalue weighted by Crippen LogP contribution is 2.49. The average Bonchev–Trinajstić information content (AvgIpc) is 1.58. The Kier molecular flexibility index (Phi) is 29.1. The van der Waals surface area contributed by atoms with Crippen molar-refractivity contribution >= 4 is 121 Å². The van der Waals surface area contributed by atoms with Crippen LogP contribution in [0.2, 0.25) is 0 Å². The smallest absolute Gasteiger partial charge is 0.422 e. The van der Waals surface area contributed by atoms with Gasteiger partial charge in [-0.15, -0.1) is 0 Å². The number of carboxylic acids is 1. The number of methoxy groups -OCH3 is 2. The van der Waals surface area contributed by atoms with E-state index < -0.39 is 49.7 Å². The topological polar surface area (TPSA) is 290 Å². The number of rotatable bonds is 23. The number of ether oxygens (including phenoxy) is 6. The Morgan fingerprint density at radius 1 is 0.569 bits per heavy atom. The van der Waals surface area contributed by atoms with Crippen LogP contribution in [-0.4, -0.2) is 186 Å². The number of esters is 1. The Balaban J connectivity index is 0.000000283. The molecule has 4 aliphatic rings. The molecule has 2 aliphatic heterocycles. The number of aromatic nitrogens is 2. The molecule has 4 N–H and O–H groups in total. The number of nitrogens with one attached hydrogen (secondary N) is 1. The number of nitrogens with zero attached hydrogens (tertiary/aromatic N) is 6. The van der Waals surface area contributed by atoms with Crippen LogP contribution in [0.4, 0.5) is 4.79 Å². The van der Waals surface area contributed by atoms with E-state index in [0.29, 0.717) is 40.0 Å². The number of halogens is 2. The maximum absolute atomic E-state index is 14.3. The van der Waals surface area contributed by atoms with Crippen molar-refractivity contribution in [2.24, 2.45) is 5.14 Å². The second kappa shape index (κ2) is 35.9. The van der Waals surface area contributed by atoms with E-state index in [0.717, 1.165) is 115 Å². The summed E-state index contributed by atoms with van der Waals surface area (Å²) in [5.74, 6) is 0.221. The molecular formula is C74H100I2N8O16S2. The van der Waals surface area contributed by atoms with E-state index in [1.54, 1.807) is 71.0 Å². The average molecular weight is 1680 g/mol. The van der Waals surface area contributed by atoms with Crippen molar-refractivity contribution in [2.75, 3.05) is 95.0 Å². The third kappa shape index (κ3) is 20.7. The molecular weight excluding hydrogens is 1570 g/mol. The van der Waals surface area contributed by atoms with Gasteiger partial charge in [-0.25, -0.2) is 24.2 Å². The fourth-order valence-electron chi connectivity index (χ4n) is 13.4. The number of carboxylic acid groups (broad SMARTS) is 1. The SMILES string of the molecule is C.COc1ccc2c(c1)C=C(C(=O)N(C)CCOCCN(C)S(=O)(=O)NC(=O)OC(C)(C)C)Cn1c-2c(C2CCCCC2)c2ccc(C(=O)OC(C)(C)C)cc21.COc1ccc2c(c1)C=C(C(=O)N(C)CCOCCN(C)S(N)(=O)=O)Cn1c-2c(C2CCCCC2)c2ccc(C(=O)O)cc21.II. The predicted octanol–water partition coefficient (Wildman–Crippen LogP) is 13.4. The highest BCUT2D eigenvalue weighted by atomic mass is 128. The molecule has 0 unspecified atom stereocenters. The maximum atomic E-state index is 14.3. The number of nitrogens with two attached hydrogens (primary N) is 1. The van der Waals surface area contributed by atoms with Gasteiger partial charge in [0.05, 0.1) is 76.3 Å². The van der Waals surface area contributed by atoms with Gasteiger partial charge in [-0.3, -0.25) is 9.59 Å². The summed E-state index contributed by atoms with van der Waals surface area (Å²) >= 11 is 4.24. The van der Waals surface area contributed by atoms with Gasteiger partial charge in [-0.05, 0) is 174 Å². The van der Waals surface area contributed by atoms with Crippen molar-refractivity contribution in [1.82, 2.24) is 32.3 Å². The molecule has 558 valence electrons. The summed E-state index contributed by atoms with van der Waals surface area (Å²) in [4.78, 5) is 68.6. The molecule has 28 heteroatoms. The molecule has 4 heterocycles. The summed E-state index contributed by atoms with van der Waals surface area (Å²) in [6, 6.07) is 22.9. The molecule has 0 atom stereocenters. The molecule has 2 saturated carbocycles. The summed E-state index contributed by atoms with van der Waals surface area (Å²) in [5.41, 5.74) is 10.1. The number of aromatic carboxylic acids is 1. The molecule has 3 amide bonds. The Hall–Kier alpha value is -6.65. The van der Waals surface area contributed by atoms with Crippen LogP contribution in [0.25, 0.3) is 56.5 Å². The van der Waals surface area contributed by atoms with E-state index in [-0.39, 0.29) is 90.5 Å². The Labute approximate surface area is 624 Å². The first-order valence-electron chi connectivity index (χ1n) is 33.9. The van der Waals surface area contributed by atoms with E-state index in [1.165, 1.54) is 38.1 Å². The number of fused-ring (bicyclic) bond motifs is 10.